The molecule has 3 heterocycles. The van der Waals surface area contributed by atoms with Gasteiger partial charge in [-0.1, -0.05) is 46.9 Å². The lowest BCUT2D eigenvalue weighted by Gasteiger charge is -2.21. The number of fused-ring (bicyclic) bond motifs is 1. The smallest absolute Gasteiger partial charge is 0.323 e. The van der Waals surface area contributed by atoms with Crippen molar-refractivity contribution in [2.45, 2.75) is 6.92 Å². The van der Waals surface area contributed by atoms with Crippen LogP contribution in [0.4, 0.5) is 16.2 Å². The molecule has 0 bridgehead atoms. The monoisotopic (exact) mass is 463 g/mol. The molecule has 154 valence electrons. The van der Waals surface area contributed by atoms with Crippen LogP contribution in [0.5, 0.6) is 0 Å². The van der Waals surface area contributed by atoms with Crippen molar-refractivity contribution in [3.05, 3.63) is 57.4 Å². The van der Waals surface area contributed by atoms with Gasteiger partial charge in [0.2, 0.25) is 0 Å². The van der Waals surface area contributed by atoms with Crippen LogP contribution in [0.2, 0.25) is 15.2 Å². The van der Waals surface area contributed by atoms with Crippen molar-refractivity contribution in [3.63, 3.8) is 0 Å². The third kappa shape index (κ3) is 3.53. The van der Waals surface area contributed by atoms with Gasteiger partial charge in [0.15, 0.2) is 0 Å². The molecular weight excluding hydrogens is 449 g/mol. The Hall–Kier alpha value is -2.61. The van der Waals surface area contributed by atoms with Crippen LogP contribution in [0.1, 0.15) is 17.3 Å². The van der Waals surface area contributed by atoms with Gasteiger partial charge in [-0.2, -0.15) is 0 Å². The first-order chi connectivity index (χ1) is 14.4. The molecule has 1 aliphatic rings. The Kier molecular flexibility index (Phi) is 5.69. The Labute approximate surface area is 187 Å². The van der Waals surface area contributed by atoms with Crippen molar-refractivity contribution in [1.29, 1.82) is 0 Å². The van der Waals surface area contributed by atoms with E-state index in [2.05, 4.69) is 15.3 Å². The molecule has 0 atom stereocenters. The van der Waals surface area contributed by atoms with Crippen molar-refractivity contribution in [2.75, 3.05) is 29.9 Å². The van der Waals surface area contributed by atoms with Gasteiger partial charge in [0, 0.05) is 37.4 Å². The van der Waals surface area contributed by atoms with E-state index in [1.165, 1.54) is 18.5 Å². The Bertz CT molecular complexity index is 1150. The van der Waals surface area contributed by atoms with E-state index in [9.17, 15) is 9.59 Å². The van der Waals surface area contributed by atoms with Crippen LogP contribution in [0.25, 0.3) is 10.9 Å². The van der Waals surface area contributed by atoms with Crippen molar-refractivity contribution in [1.82, 2.24) is 14.9 Å². The van der Waals surface area contributed by atoms with Gasteiger partial charge >= 0.3 is 6.03 Å². The number of halogens is 3. The summed E-state index contributed by atoms with van der Waals surface area (Å²) in [5.41, 5.74) is 1.56. The quantitative estimate of drug-likeness (QED) is 0.545. The highest BCUT2D eigenvalue weighted by Crippen LogP contribution is 2.37. The number of carbonyl (C=O) groups is 2. The van der Waals surface area contributed by atoms with E-state index >= 15 is 0 Å². The van der Waals surface area contributed by atoms with Crippen LogP contribution in [0.3, 0.4) is 0 Å². The molecule has 1 fully saturated rings. The van der Waals surface area contributed by atoms with E-state index in [4.69, 9.17) is 34.8 Å². The number of carbonyl (C=O) groups excluding carboxylic acids is 2. The largest absolute Gasteiger partial charge is 0.324 e. The minimum absolute atomic E-state index is 0.000695. The van der Waals surface area contributed by atoms with Gasteiger partial charge in [0.1, 0.15) is 5.15 Å². The molecule has 3 amide bonds. The fraction of sp³-hybridized carbons (Fsp3) is 0.200. The second-order valence-electron chi connectivity index (χ2n) is 6.58. The summed E-state index contributed by atoms with van der Waals surface area (Å²) in [6.45, 7) is 3.67. The summed E-state index contributed by atoms with van der Waals surface area (Å²) in [6, 6.07) is 6.64. The van der Waals surface area contributed by atoms with E-state index < -0.39 is 5.91 Å². The zero-order valence-corrected chi connectivity index (χ0v) is 18.1. The summed E-state index contributed by atoms with van der Waals surface area (Å²) in [5, 5.41) is 3.98. The topological polar surface area (TPSA) is 78.4 Å². The molecule has 7 nitrogen and oxygen atoms in total. The van der Waals surface area contributed by atoms with Gasteiger partial charge in [-0.25, -0.2) is 9.78 Å². The maximum Gasteiger partial charge on any atom is 0.324 e. The summed E-state index contributed by atoms with van der Waals surface area (Å²) >= 11 is 18.6. The number of hydrogen-bond acceptors (Lipinski definition) is 4. The van der Waals surface area contributed by atoms with Crippen molar-refractivity contribution in [2.24, 2.45) is 0 Å². The highest BCUT2D eigenvalue weighted by Gasteiger charge is 2.31. The molecule has 0 saturated carbocycles. The van der Waals surface area contributed by atoms with E-state index in [1.807, 2.05) is 13.0 Å². The molecule has 1 aromatic carbocycles. The third-order valence-electron chi connectivity index (χ3n) is 4.90. The molecule has 3 aromatic rings. The Morgan fingerprint density at radius 3 is 2.63 bits per heavy atom. The normalized spacial score (nSPS) is 13.9. The number of rotatable bonds is 4. The molecule has 0 radical (unpaired) electrons. The molecule has 10 heteroatoms. The third-order valence-corrected chi connectivity index (χ3v) is 5.78. The van der Waals surface area contributed by atoms with Crippen LogP contribution in [-0.2, 0) is 0 Å². The molecule has 1 N–H and O–H groups in total. The summed E-state index contributed by atoms with van der Waals surface area (Å²) in [4.78, 5) is 37.2. The number of aromatic nitrogens is 2. The summed E-state index contributed by atoms with van der Waals surface area (Å²) in [6.07, 6.45) is 2.89. The average molecular weight is 465 g/mol. The van der Waals surface area contributed by atoms with E-state index in [-0.39, 0.29) is 21.8 Å². The predicted octanol–water partition coefficient (Wildman–Crippen LogP) is 5.10. The zero-order chi connectivity index (χ0) is 21.4. The maximum atomic E-state index is 12.8. The minimum Gasteiger partial charge on any atom is -0.323 e. The second kappa shape index (κ2) is 8.26. The van der Waals surface area contributed by atoms with Gasteiger partial charge in [0.25, 0.3) is 5.91 Å². The standard InChI is InChI=1S/C20H16Cl3N5O2/c1-2-27-8-9-28(20(27)30)17-11-4-3-5-14(16(11)25-10-13(17)22)26-19(29)15-12(21)6-7-24-18(15)23/h3-7,10H,2,8-9H2,1H3,(H,26,29). The number of anilines is 2. The second-order valence-corrected chi connectivity index (χ2v) is 7.76. The average Bonchev–Trinajstić information content (AvgIpc) is 3.08. The first kappa shape index (κ1) is 20.7. The molecule has 30 heavy (non-hydrogen) atoms. The Balaban J connectivity index is 1.77. The summed E-state index contributed by atoms with van der Waals surface area (Å²) in [7, 11) is 0. The van der Waals surface area contributed by atoms with Crippen molar-refractivity contribution in [3.8, 4) is 0 Å². The van der Waals surface area contributed by atoms with Crippen LogP contribution in [-0.4, -0.2) is 46.4 Å². The lowest BCUT2D eigenvalue weighted by Crippen LogP contribution is -2.31. The maximum absolute atomic E-state index is 12.8. The molecule has 2 aromatic heterocycles. The van der Waals surface area contributed by atoms with Crippen LogP contribution >= 0.6 is 34.8 Å². The van der Waals surface area contributed by atoms with Gasteiger partial charge in [-0.15, -0.1) is 0 Å². The molecule has 1 saturated heterocycles. The molecule has 0 spiro atoms. The lowest BCUT2D eigenvalue weighted by molar-refractivity contribution is 0.102. The van der Waals surface area contributed by atoms with Gasteiger partial charge < -0.3 is 10.2 Å². The highest BCUT2D eigenvalue weighted by molar-refractivity contribution is 6.40. The first-order valence-corrected chi connectivity index (χ1v) is 10.3. The number of nitrogens with zero attached hydrogens (tertiary/aromatic N) is 4. The van der Waals surface area contributed by atoms with E-state index in [1.54, 1.807) is 21.9 Å². The lowest BCUT2D eigenvalue weighted by atomic mass is 10.1. The number of hydrogen-bond donors (Lipinski definition) is 1. The van der Waals surface area contributed by atoms with E-state index in [0.29, 0.717) is 46.9 Å². The fourth-order valence-corrected chi connectivity index (χ4v) is 4.22. The van der Waals surface area contributed by atoms with Gasteiger partial charge in [-0.3, -0.25) is 14.7 Å². The van der Waals surface area contributed by atoms with Gasteiger partial charge in [0.05, 0.1) is 32.5 Å². The fourth-order valence-electron chi connectivity index (χ4n) is 3.44. The van der Waals surface area contributed by atoms with Crippen LogP contribution < -0.4 is 10.2 Å². The molecule has 1 aliphatic heterocycles. The summed E-state index contributed by atoms with van der Waals surface area (Å²) < 4.78 is 0. The Morgan fingerprint density at radius 2 is 1.93 bits per heavy atom. The zero-order valence-electron chi connectivity index (χ0n) is 15.8. The predicted molar refractivity (Wildman–Crippen MR) is 119 cm³/mol. The van der Waals surface area contributed by atoms with Crippen LogP contribution in [0.15, 0.2) is 36.7 Å². The molecule has 0 aliphatic carbocycles. The van der Waals surface area contributed by atoms with E-state index in [0.717, 1.165) is 0 Å². The first-order valence-electron chi connectivity index (χ1n) is 9.17. The number of benzene rings is 1. The summed E-state index contributed by atoms with van der Waals surface area (Å²) in [5.74, 6) is -0.515. The number of likely N-dealkylation sites (N-methyl/N-ethyl adjacent to an activating group) is 1. The highest BCUT2D eigenvalue weighted by atomic mass is 35.5. The number of amides is 3. The minimum atomic E-state index is -0.515. The number of urea groups is 1. The molecule has 0 unspecified atom stereocenters. The molecular formula is C20H16Cl3N5O2. The number of pyridine rings is 2. The van der Waals surface area contributed by atoms with Crippen molar-refractivity contribution >= 4 is 69.0 Å². The number of para-hydroxylation sites is 1. The van der Waals surface area contributed by atoms with Crippen LogP contribution in [0, 0.1) is 0 Å². The number of nitrogens with one attached hydrogen (secondary N) is 1. The Morgan fingerprint density at radius 1 is 1.13 bits per heavy atom. The molecule has 4 rings (SSSR count). The van der Waals surface area contributed by atoms with Gasteiger partial charge in [-0.05, 0) is 19.1 Å². The van der Waals surface area contributed by atoms with Crippen molar-refractivity contribution < 1.29 is 9.59 Å². The SMILES string of the molecule is CCN1CCN(c2c(Cl)cnc3c(NC(=O)c4c(Cl)ccnc4Cl)cccc23)C1=O.